The fourth-order valence-corrected chi connectivity index (χ4v) is 3.59. The molecule has 2 N–H and O–H groups in total. The van der Waals surface area contributed by atoms with Gasteiger partial charge in [0.25, 0.3) is 0 Å². The average molecular weight is 323 g/mol. The van der Waals surface area contributed by atoms with Gasteiger partial charge >= 0.3 is 0 Å². The Morgan fingerprint density at radius 3 is 2.70 bits per heavy atom. The van der Waals surface area contributed by atoms with Gasteiger partial charge in [-0.25, -0.2) is 17.5 Å². The van der Waals surface area contributed by atoms with Crippen LogP contribution in [0.3, 0.4) is 0 Å². The number of sulfonamides is 1. The standard InChI is InChI=1S/C13H19FN2O2S.ClH/c1-9-3-4-11(7-12(9)14)19(17,18)16-13-5-6-15-8-10(13)2;/h3-4,7,10,13,15-16H,5-6,8H2,1-2H3;1H. The summed E-state index contributed by atoms with van der Waals surface area (Å²) in [5.74, 6) is -0.278. The number of halogens is 2. The molecule has 20 heavy (non-hydrogen) atoms. The molecule has 2 rings (SSSR count). The molecule has 0 spiro atoms. The van der Waals surface area contributed by atoms with Crippen LogP contribution in [0.1, 0.15) is 18.9 Å². The zero-order valence-electron chi connectivity index (χ0n) is 11.5. The van der Waals surface area contributed by atoms with Crippen molar-refractivity contribution in [3.8, 4) is 0 Å². The molecule has 1 aromatic rings. The minimum atomic E-state index is -3.65. The summed E-state index contributed by atoms with van der Waals surface area (Å²) < 4.78 is 40.6. The smallest absolute Gasteiger partial charge is 0.240 e. The third kappa shape index (κ3) is 3.91. The molecule has 1 aromatic carbocycles. The third-order valence-electron chi connectivity index (χ3n) is 3.55. The van der Waals surface area contributed by atoms with Crippen LogP contribution in [-0.4, -0.2) is 27.5 Å². The molecule has 1 aliphatic rings. The fraction of sp³-hybridized carbons (Fsp3) is 0.538. The Morgan fingerprint density at radius 1 is 1.40 bits per heavy atom. The van der Waals surface area contributed by atoms with Gasteiger partial charge in [0.2, 0.25) is 10.0 Å². The molecule has 0 aromatic heterocycles. The predicted molar refractivity (Wildman–Crippen MR) is 79.1 cm³/mol. The van der Waals surface area contributed by atoms with Gasteiger partial charge in [-0.1, -0.05) is 13.0 Å². The van der Waals surface area contributed by atoms with Crippen molar-refractivity contribution in [3.05, 3.63) is 29.6 Å². The third-order valence-corrected chi connectivity index (χ3v) is 5.03. The molecule has 114 valence electrons. The average Bonchev–Trinajstić information content (AvgIpc) is 2.35. The van der Waals surface area contributed by atoms with Crippen molar-refractivity contribution in [3.63, 3.8) is 0 Å². The summed E-state index contributed by atoms with van der Waals surface area (Å²) in [7, 11) is -3.65. The monoisotopic (exact) mass is 322 g/mol. The van der Waals surface area contributed by atoms with E-state index >= 15 is 0 Å². The Balaban J connectivity index is 0.00000200. The zero-order chi connectivity index (χ0) is 14.0. The highest BCUT2D eigenvalue weighted by atomic mass is 35.5. The van der Waals surface area contributed by atoms with Crippen LogP contribution < -0.4 is 10.0 Å². The number of hydrogen-bond acceptors (Lipinski definition) is 3. The second kappa shape index (κ2) is 6.85. The number of hydrogen-bond donors (Lipinski definition) is 2. The van der Waals surface area contributed by atoms with Gasteiger partial charge in [0.15, 0.2) is 0 Å². The summed E-state index contributed by atoms with van der Waals surface area (Å²) in [5, 5.41) is 3.21. The van der Waals surface area contributed by atoms with Gasteiger partial charge in [0.1, 0.15) is 5.82 Å². The van der Waals surface area contributed by atoms with E-state index in [-0.39, 0.29) is 29.3 Å². The second-order valence-corrected chi connectivity index (χ2v) is 6.82. The van der Waals surface area contributed by atoms with E-state index in [0.717, 1.165) is 25.6 Å². The molecular formula is C13H20ClFN2O2S. The van der Waals surface area contributed by atoms with Crippen molar-refractivity contribution < 1.29 is 12.8 Å². The van der Waals surface area contributed by atoms with Gasteiger partial charge in [0.05, 0.1) is 4.90 Å². The lowest BCUT2D eigenvalue weighted by Crippen LogP contribution is -2.48. The Morgan fingerprint density at radius 2 is 2.10 bits per heavy atom. The van der Waals surface area contributed by atoms with Crippen LogP contribution in [-0.2, 0) is 10.0 Å². The second-order valence-electron chi connectivity index (χ2n) is 5.11. The van der Waals surface area contributed by atoms with Crippen LogP contribution in [0.4, 0.5) is 4.39 Å². The number of benzene rings is 1. The van der Waals surface area contributed by atoms with Crippen molar-refractivity contribution in [1.29, 1.82) is 0 Å². The van der Waals surface area contributed by atoms with Gasteiger partial charge in [-0.15, -0.1) is 12.4 Å². The fourth-order valence-electron chi connectivity index (χ4n) is 2.20. The molecule has 0 amide bonds. The van der Waals surface area contributed by atoms with Crippen molar-refractivity contribution in [2.24, 2.45) is 5.92 Å². The maximum absolute atomic E-state index is 13.5. The van der Waals surface area contributed by atoms with Crippen LogP contribution in [0, 0.1) is 18.7 Å². The highest BCUT2D eigenvalue weighted by Gasteiger charge is 2.26. The van der Waals surface area contributed by atoms with Crippen molar-refractivity contribution in [2.45, 2.75) is 31.2 Å². The molecule has 7 heteroatoms. The Bertz CT molecular complexity index is 565. The van der Waals surface area contributed by atoms with E-state index < -0.39 is 15.8 Å². The molecule has 0 aliphatic carbocycles. The SMILES string of the molecule is Cc1ccc(S(=O)(=O)NC2CCNCC2C)cc1F.Cl. The summed E-state index contributed by atoms with van der Waals surface area (Å²) in [4.78, 5) is -0.0127. The van der Waals surface area contributed by atoms with E-state index in [4.69, 9.17) is 0 Å². The Labute approximate surface area is 125 Å². The number of aryl methyl sites for hydroxylation is 1. The van der Waals surface area contributed by atoms with Gasteiger partial charge in [-0.05, 0) is 50.0 Å². The molecule has 1 fully saturated rings. The number of rotatable bonds is 3. The first-order valence-corrected chi connectivity index (χ1v) is 7.87. The highest BCUT2D eigenvalue weighted by molar-refractivity contribution is 7.89. The van der Waals surface area contributed by atoms with E-state index in [1.165, 1.54) is 12.1 Å². The van der Waals surface area contributed by atoms with Gasteiger partial charge in [0, 0.05) is 6.04 Å². The quantitative estimate of drug-likeness (QED) is 0.892. The van der Waals surface area contributed by atoms with Crippen molar-refractivity contribution >= 4 is 22.4 Å². The lowest BCUT2D eigenvalue weighted by molar-refractivity contribution is 0.328. The molecule has 0 radical (unpaired) electrons. The summed E-state index contributed by atoms with van der Waals surface area (Å²) in [6, 6.07) is 3.89. The molecule has 1 saturated heterocycles. The molecule has 1 heterocycles. The normalized spacial score (nSPS) is 23.1. The van der Waals surface area contributed by atoms with E-state index in [1.807, 2.05) is 6.92 Å². The Hall–Kier alpha value is -0.690. The van der Waals surface area contributed by atoms with Crippen LogP contribution >= 0.6 is 12.4 Å². The van der Waals surface area contributed by atoms with Crippen molar-refractivity contribution in [2.75, 3.05) is 13.1 Å². The van der Waals surface area contributed by atoms with Crippen LogP contribution in [0.25, 0.3) is 0 Å². The van der Waals surface area contributed by atoms with Crippen LogP contribution in [0.2, 0.25) is 0 Å². The largest absolute Gasteiger partial charge is 0.316 e. The minimum absolute atomic E-state index is 0. The van der Waals surface area contributed by atoms with Gasteiger partial charge in [-0.2, -0.15) is 0 Å². The Kier molecular flexibility index (Phi) is 5.94. The molecule has 2 atom stereocenters. The highest BCUT2D eigenvalue weighted by Crippen LogP contribution is 2.17. The van der Waals surface area contributed by atoms with Crippen LogP contribution in [0.5, 0.6) is 0 Å². The zero-order valence-corrected chi connectivity index (χ0v) is 13.2. The van der Waals surface area contributed by atoms with Gasteiger partial charge < -0.3 is 5.32 Å². The molecular weight excluding hydrogens is 303 g/mol. The van der Waals surface area contributed by atoms with E-state index in [2.05, 4.69) is 10.0 Å². The lowest BCUT2D eigenvalue weighted by Gasteiger charge is -2.29. The van der Waals surface area contributed by atoms with Crippen LogP contribution in [0.15, 0.2) is 23.1 Å². The molecule has 1 aliphatic heterocycles. The first kappa shape index (κ1) is 17.4. The minimum Gasteiger partial charge on any atom is -0.316 e. The molecule has 4 nitrogen and oxygen atoms in total. The maximum atomic E-state index is 13.5. The predicted octanol–water partition coefficient (Wildman–Crippen LogP) is 1.83. The maximum Gasteiger partial charge on any atom is 0.240 e. The van der Waals surface area contributed by atoms with Crippen molar-refractivity contribution in [1.82, 2.24) is 10.0 Å². The molecule has 2 unspecified atom stereocenters. The van der Waals surface area contributed by atoms with E-state index in [0.29, 0.717) is 5.56 Å². The summed E-state index contributed by atoms with van der Waals surface area (Å²) in [5.41, 5.74) is 0.439. The number of piperidine rings is 1. The number of nitrogens with one attached hydrogen (secondary N) is 2. The van der Waals surface area contributed by atoms with E-state index in [9.17, 15) is 12.8 Å². The molecule has 0 saturated carbocycles. The summed E-state index contributed by atoms with van der Waals surface area (Å²) in [6.07, 6.45) is 0.745. The van der Waals surface area contributed by atoms with E-state index in [1.54, 1.807) is 6.92 Å². The lowest BCUT2D eigenvalue weighted by atomic mass is 9.97. The molecule has 0 bridgehead atoms. The first-order chi connectivity index (χ1) is 8.90. The summed E-state index contributed by atoms with van der Waals surface area (Å²) >= 11 is 0. The first-order valence-electron chi connectivity index (χ1n) is 6.39. The topological polar surface area (TPSA) is 58.2 Å². The van der Waals surface area contributed by atoms with Gasteiger partial charge in [-0.3, -0.25) is 0 Å². The summed E-state index contributed by atoms with van der Waals surface area (Å²) in [6.45, 7) is 5.18.